The van der Waals surface area contributed by atoms with Crippen LogP contribution in [0.2, 0.25) is 0 Å². The number of rotatable bonds is 4. The van der Waals surface area contributed by atoms with Crippen molar-refractivity contribution in [2.75, 3.05) is 13.6 Å². The molecular formula is C15H24N2O3. The molecule has 20 heavy (non-hydrogen) atoms. The number of hydrogen-bond donors (Lipinski definition) is 1. The second-order valence-corrected chi connectivity index (χ2v) is 6.08. The largest absolute Gasteiger partial charge is 0.444 e. The maximum Gasteiger partial charge on any atom is 0.407 e. The number of amides is 2. The van der Waals surface area contributed by atoms with E-state index in [1.54, 1.807) is 18.9 Å². The number of carbonyl (C=O) groups excluding carboxylic acids is 2. The van der Waals surface area contributed by atoms with Crippen LogP contribution in [0.1, 0.15) is 40.5 Å². The normalized spacial score (nSPS) is 15.7. The molecule has 1 N–H and O–H groups in total. The summed E-state index contributed by atoms with van der Waals surface area (Å²) in [5.74, 6) is 5.36. The Balaban J connectivity index is 2.53. The maximum atomic E-state index is 11.8. The monoisotopic (exact) mass is 280 g/mol. The Hall–Kier alpha value is -1.70. The van der Waals surface area contributed by atoms with E-state index < -0.39 is 11.7 Å². The molecule has 2 amide bonds. The van der Waals surface area contributed by atoms with Gasteiger partial charge >= 0.3 is 6.09 Å². The minimum Gasteiger partial charge on any atom is -0.444 e. The molecule has 0 spiro atoms. The molecule has 0 radical (unpaired) electrons. The third-order valence-corrected chi connectivity index (χ3v) is 3.07. The fourth-order valence-corrected chi connectivity index (χ4v) is 1.95. The second-order valence-electron chi connectivity index (χ2n) is 6.08. The molecule has 5 nitrogen and oxygen atoms in total. The maximum absolute atomic E-state index is 11.8. The predicted octanol–water partition coefficient (Wildman–Crippen LogP) is 1.77. The molecule has 0 aromatic rings. The van der Waals surface area contributed by atoms with Crippen LogP contribution < -0.4 is 5.32 Å². The first-order chi connectivity index (χ1) is 9.24. The summed E-state index contributed by atoms with van der Waals surface area (Å²) in [4.78, 5) is 25.1. The van der Waals surface area contributed by atoms with Gasteiger partial charge in [-0.15, -0.1) is 0 Å². The van der Waals surface area contributed by atoms with Crippen molar-refractivity contribution in [2.24, 2.45) is 5.92 Å². The van der Waals surface area contributed by atoms with E-state index >= 15 is 0 Å². The Labute approximate surface area is 121 Å². The van der Waals surface area contributed by atoms with Gasteiger partial charge in [-0.3, -0.25) is 4.79 Å². The van der Waals surface area contributed by atoms with E-state index in [-0.39, 0.29) is 11.9 Å². The molecule has 0 saturated heterocycles. The lowest BCUT2D eigenvalue weighted by Gasteiger charge is -2.27. The Morgan fingerprint density at radius 1 is 1.40 bits per heavy atom. The van der Waals surface area contributed by atoms with Crippen LogP contribution >= 0.6 is 0 Å². The zero-order chi connectivity index (χ0) is 15.3. The van der Waals surface area contributed by atoms with Crippen molar-refractivity contribution in [3.63, 3.8) is 0 Å². The van der Waals surface area contributed by atoms with Crippen LogP contribution in [0.15, 0.2) is 0 Å². The summed E-state index contributed by atoms with van der Waals surface area (Å²) >= 11 is 0. The van der Waals surface area contributed by atoms with Crippen molar-refractivity contribution < 1.29 is 14.3 Å². The lowest BCUT2D eigenvalue weighted by Crippen LogP contribution is -2.46. The summed E-state index contributed by atoms with van der Waals surface area (Å²) in [7, 11) is 1.73. The van der Waals surface area contributed by atoms with Crippen LogP contribution in [0.4, 0.5) is 4.79 Å². The Morgan fingerprint density at radius 3 is 2.45 bits per heavy atom. The van der Waals surface area contributed by atoms with Gasteiger partial charge in [0.2, 0.25) is 0 Å². The van der Waals surface area contributed by atoms with Crippen molar-refractivity contribution >= 4 is 12.0 Å². The van der Waals surface area contributed by atoms with Gasteiger partial charge in [0.1, 0.15) is 5.60 Å². The van der Waals surface area contributed by atoms with Gasteiger partial charge in [-0.05, 0) is 52.4 Å². The molecule has 1 aliphatic carbocycles. The first-order valence-electron chi connectivity index (χ1n) is 6.91. The molecule has 1 saturated carbocycles. The number of nitrogens with one attached hydrogen (secondary N) is 1. The first-order valence-corrected chi connectivity index (χ1v) is 6.91. The topological polar surface area (TPSA) is 58.6 Å². The van der Waals surface area contributed by atoms with E-state index in [9.17, 15) is 9.59 Å². The molecule has 1 atom stereocenters. The number of likely N-dealkylation sites (N-methyl/N-ethyl adjacent to an activating group) is 1. The van der Waals surface area contributed by atoms with E-state index in [0.29, 0.717) is 12.5 Å². The summed E-state index contributed by atoms with van der Waals surface area (Å²) in [6, 6.07) is -0.0177. The number of ether oxygens (including phenoxy) is 1. The third-order valence-electron chi connectivity index (χ3n) is 3.07. The molecule has 0 heterocycles. The van der Waals surface area contributed by atoms with Crippen LogP contribution in [-0.4, -0.2) is 42.1 Å². The van der Waals surface area contributed by atoms with Gasteiger partial charge in [0.15, 0.2) is 0 Å². The zero-order valence-electron chi connectivity index (χ0n) is 12.9. The quantitative estimate of drug-likeness (QED) is 0.798. The Bertz CT molecular complexity index is 425. The summed E-state index contributed by atoms with van der Waals surface area (Å²) in [6.07, 6.45) is 1.71. The zero-order valence-corrected chi connectivity index (χ0v) is 12.9. The minimum absolute atomic E-state index is 0.0177. The Morgan fingerprint density at radius 2 is 2.00 bits per heavy atom. The van der Waals surface area contributed by atoms with Gasteiger partial charge in [-0.2, -0.15) is 0 Å². The molecule has 1 aliphatic rings. The summed E-state index contributed by atoms with van der Waals surface area (Å²) in [6.45, 7) is 7.48. The van der Waals surface area contributed by atoms with E-state index in [2.05, 4.69) is 17.2 Å². The van der Waals surface area contributed by atoms with Crippen LogP contribution in [0, 0.1) is 17.8 Å². The molecule has 5 heteroatoms. The first kappa shape index (κ1) is 16.4. The van der Waals surface area contributed by atoms with Crippen molar-refractivity contribution in [3.05, 3.63) is 0 Å². The number of hydrogen-bond acceptors (Lipinski definition) is 3. The summed E-state index contributed by atoms with van der Waals surface area (Å²) < 4.78 is 5.19. The highest BCUT2D eigenvalue weighted by molar-refractivity contribution is 5.93. The molecule has 0 aliphatic heterocycles. The average Bonchev–Trinajstić information content (AvgIpc) is 3.11. The van der Waals surface area contributed by atoms with E-state index in [1.807, 2.05) is 20.8 Å². The molecule has 0 aromatic carbocycles. The highest BCUT2D eigenvalue weighted by Crippen LogP contribution is 2.34. The number of alkyl carbamates (subject to hydrolysis) is 1. The summed E-state index contributed by atoms with van der Waals surface area (Å²) in [5.41, 5.74) is -0.519. The fourth-order valence-electron chi connectivity index (χ4n) is 1.95. The van der Waals surface area contributed by atoms with Crippen molar-refractivity contribution in [1.29, 1.82) is 0 Å². The van der Waals surface area contributed by atoms with Gasteiger partial charge in [0.05, 0.1) is 6.04 Å². The van der Waals surface area contributed by atoms with Crippen molar-refractivity contribution in [3.8, 4) is 11.8 Å². The van der Waals surface area contributed by atoms with E-state index in [0.717, 1.165) is 12.8 Å². The molecule has 1 unspecified atom stereocenters. The predicted molar refractivity (Wildman–Crippen MR) is 77.0 cm³/mol. The third kappa shape index (κ3) is 5.52. The Kier molecular flexibility index (Phi) is 5.43. The molecule has 0 aromatic heterocycles. The van der Waals surface area contributed by atoms with E-state index in [4.69, 9.17) is 4.74 Å². The second kappa shape index (κ2) is 6.65. The standard InChI is InChI=1S/C15H24N2O3/c1-6-7-13(18)17(5)12(11-8-9-11)10-16-14(19)20-15(2,3)4/h11-12H,8-10H2,1-5H3,(H,16,19). The van der Waals surface area contributed by atoms with Gasteiger partial charge in [-0.1, -0.05) is 5.92 Å². The lowest BCUT2D eigenvalue weighted by atomic mass is 10.1. The van der Waals surface area contributed by atoms with Crippen LogP contribution in [0.3, 0.4) is 0 Å². The highest BCUT2D eigenvalue weighted by atomic mass is 16.6. The fraction of sp³-hybridized carbons (Fsp3) is 0.733. The SMILES string of the molecule is CC#CC(=O)N(C)C(CNC(=O)OC(C)(C)C)C1CC1. The van der Waals surface area contributed by atoms with Gasteiger partial charge in [0, 0.05) is 13.6 Å². The van der Waals surface area contributed by atoms with Crippen molar-refractivity contribution in [1.82, 2.24) is 10.2 Å². The minimum atomic E-state index is -0.519. The van der Waals surface area contributed by atoms with Crippen LogP contribution in [0.25, 0.3) is 0 Å². The molecule has 112 valence electrons. The smallest absolute Gasteiger partial charge is 0.407 e. The molecular weight excluding hydrogens is 256 g/mol. The van der Waals surface area contributed by atoms with E-state index in [1.165, 1.54) is 0 Å². The van der Waals surface area contributed by atoms with Crippen LogP contribution in [0.5, 0.6) is 0 Å². The summed E-state index contributed by atoms with van der Waals surface area (Å²) in [5, 5.41) is 2.74. The average molecular weight is 280 g/mol. The van der Waals surface area contributed by atoms with Gasteiger partial charge in [0.25, 0.3) is 5.91 Å². The molecule has 1 fully saturated rings. The molecule has 0 bridgehead atoms. The lowest BCUT2D eigenvalue weighted by molar-refractivity contribution is -0.126. The van der Waals surface area contributed by atoms with Crippen molar-refractivity contribution in [2.45, 2.75) is 52.2 Å². The molecule has 1 rings (SSSR count). The van der Waals surface area contributed by atoms with Crippen LogP contribution in [-0.2, 0) is 9.53 Å². The van der Waals surface area contributed by atoms with Gasteiger partial charge < -0.3 is 15.0 Å². The number of carbonyl (C=O) groups is 2. The highest BCUT2D eigenvalue weighted by Gasteiger charge is 2.35. The van der Waals surface area contributed by atoms with Gasteiger partial charge in [-0.25, -0.2) is 4.79 Å². The number of nitrogens with zero attached hydrogens (tertiary/aromatic N) is 1.